The van der Waals surface area contributed by atoms with E-state index in [2.05, 4.69) is 0 Å². The Morgan fingerprint density at radius 1 is 1.29 bits per heavy atom. The lowest BCUT2D eigenvalue weighted by molar-refractivity contribution is 0.0952. The van der Waals surface area contributed by atoms with Gasteiger partial charge < -0.3 is 15.2 Å². The molecule has 0 fully saturated rings. The molecule has 1 aromatic rings. The fourth-order valence-corrected chi connectivity index (χ4v) is 2.38. The van der Waals surface area contributed by atoms with Gasteiger partial charge in [-0.1, -0.05) is 12.1 Å². The molecule has 0 bridgehead atoms. The number of sulfone groups is 1. The average molecular weight is 315 g/mol. The molecule has 118 valence electrons. The molecule has 7 heteroatoms. The SMILES string of the molecule is COCCOc1ccccc1C(=O)C(N)CCS(C)(=O)=O. The first-order valence-corrected chi connectivity index (χ1v) is 8.59. The molecule has 1 unspecified atom stereocenters. The number of ketones is 1. The lowest BCUT2D eigenvalue weighted by atomic mass is 10.0. The molecule has 0 spiro atoms. The zero-order chi connectivity index (χ0) is 15.9. The molecule has 1 rings (SSSR count). The molecule has 0 aliphatic carbocycles. The van der Waals surface area contributed by atoms with Crippen molar-refractivity contribution in [1.29, 1.82) is 0 Å². The van der Waals surface area contributed by atoms with Gasteiger partial charge in [0.05, 0.1) is 24.0 Å². The molecule has 21 heavy (non-hydrogen) atoms. The summed E-state index contributed by atoms with van der Waals surface area (Å²) < 4.78 is 32.6. The second kappa shape index (κ2) is 8.11. The van der Waals surface area contributed by atoms with Crippen LogP contribution < -0.4 is 10.5 Å². The lowest BCUT2D eigenvalue weighted by Crippen LogP contribution is -2.33. The monoisotopic (exact) mass is 315 g/mol. The number of benzene rings is 1. The minimum Gasteiger partial charge on any atom is -0.490 e. The summed E-state index contributed by atoms with van der Waals surface area (Å²) in [5, 5.41) is 0. The van der Waals surface area contributed by atoms with E-state index in [9.17, 15) is 13.2 Å². The molecule has 0 saturated heterocycles. The van der Waals surface area contributed by atoms with Gasteiger partial charge in [-0.3, -0.25) is 4.79 Å². The number of hydrogen-bond donors (Lipinski definition) is 1. The van der Waals surface area contributed by atoms with Crippen LogP contribution >= 0.6 is 0 Å². The molecule has 6 nitrogen and oxygen atoms in total. The number of carbonyl (C=O) groups is 1. The Labute approximate surface area is 125 Å². The number of carbonyl (C=O) groups excluding carboxylic acids is 1. The van der Waals surface area contributed by atoms with E-state index in [1.807, 2.05) is 0 Å². The summed E-state index contributed by atoms with van der Waals surface area (Å²) in [5.41, 5.74) is 6.14. The van der Waals surface area contributed by atoms with Gasteiger partial charge >= 0.3 is 0 Å². The van der Waals surface area contributed by atoms with Crippen LogP contribution in [0.1, 0.15) is 16.8 Å². The van der Waals surface area contributed by atoms with Crippen molar-refractivity contribution in [2.75, 3.05) is 32.3 Å². The van der Waals surface area contributed by atoms with Gasteiger partial charge in [0.25, 0.3) is 0 Å². The molecular formula is C14H21NO5S. The Morgan fingerprint density at radius 2 is 1.95 bits per heavy atom. The van der Waals surface area contributed by atoms with Crippen LogP contribution in [0.25, 0.3) is 0 Å². The van der Waals surface area contributed by atoms with Crippen LogP contribution in [0.15, 0.2) is 24.3 Å². The first kappa shape index (κ1) is 17.6. The Hall–Kier alpha value is -1.44. The Kier molecular flexibility index (Phi) is 6.80. The molecule has 1 atom stereocenters. The molecule has 2 N–H and O–H groups in total. The van der Waals surface area contributed by atoms with E-state index in [0.29, 0.717) is 24.5 Å². The topological polar surface area (TPSA) is 95.7 Å². The zero-order valence-electron chi connectivity index (χ0n) is 12.2. The van der Waals surface area contributed by atoms with E-state index >= 15 is 0 Å². The van der Waals surface area contributed by atoms with Crippen molar-refractivity contribution in [3.8, 4) is 5.75 Å². The number of methoxy groups -OCH3 is 1. The minimum atomic E-state index is -3.14. The van der Waals surface area contributed by atoms with Crippen molar-refractivity contribution in [2.24, 2.45) is 5.73 Å². The van der Waals surface area contributed by atoms with Gasteiger partial charge in [0.2, 0.25) is 0 Å². The average Bonchev–Trinajstić information content (AvgIpc) is 2.44. The van der Waals surface area contributed by atoms with E-state index in [-0.39, 0.29) is 18.0 Å². The summed E-state index contributed by atoms with van der Waals surface area (Å²) in [4.78, 5) is 12.3. The maximum absolute atomic E-state index is 12.3. The zero-order valence-corrected chi connectivity index (χ0v) is 13.1. The van der Waals surface area contributed by atoms with Gasteiger partial charge in [-0.15, -0.1) is 0 Å². The number of rotatable bonds is 9. The summed E-state index contributed by atoms with van der Waals surface area (Å²) in [6, 6.07) is 5.88. The van der Waals surface area contributed by atoms with Crippen LogP contribution in [-0.2, 0) is 14.6 Å². The van der Waals surface area contributed by atoms with Crippen LogP contribution in [0.3, 0.4) is 0 Å². The maximum Gasteiger partial charge on any atom is 0.183 e. The van der Waals surface area contributed by atoms with E-state index in [1.54, 1.807) is 31.4 Å². The molecule has 0 aliphatic heterocycles. The Morgan fingerprint density at radius 3 is 2.57 bits per heavy atom. The summed E-state index contributed by atoms with van der Waals surface area (Å²) in [5.74, 6) is -0.0203. The standard InChI is InChI=1S/C14H21NO5S/c1-19-8-9-20-13-6-4-3-5-11(13)14(16)12(15)7-10-21(2,17)18/h3-6,12H,7-10,15H2,1-2H3. The highest BCUT2D eigenvalue weighted by Gasteiger charge is 2.20. The highest BCUT2D eigenvalue weighted by molar-refractivity contribution is 7.90. The van der Waals surface area contributed by atoms with Gasteiger partial charge in [0.1, 0.15) is 22.2 Å². The molecule has 0 aliphatic rings. The number of hydrogen-bond acceptors (Lipinski definition) is 6. The third-order valence-corrected chi connectivity index (χ3v) is 3.81. The van der Waals surface area contributed by atoms with E-state index in [0.717, 1.165) is 6.26 Å². The molecule has 0 aromatic heterocycles. The van der Waals surface area contributed by atoms with E-state index < -0.39 is 15.9 Å². The number of para-hydroxylation sites is 1. The highest BCUT2D eigenvalue weighted by atomic mass is 32.2. The third kappa shape index (κ3) is 6.24. The fraction of sp³-hybridized carbons (Fsp3) is 0.500. The maximum atomic E-state index is 12.3. The third-order valence-electron chi connectivity index (χ3n) is 2.83. The fourth-order valence-electron chi connectivity index (χ4n) is 1.70. The smallest absolute Gasteiger partial charge is 0.183 e. The second-order valence-electron chi connectivity index (χ2n) is 4.73. The summed E-state index contributed by atoms with van der Waals surface area (Å²) >= 11 is 0. The van der Waals surface area contributed by atoms with Crippen LogP contribution in [0.5, 0.6) is 5.75 Å². The quantitative estimate of drug-likeness (QED) is 0.531. The van der Waals surface area contributed by atoms with Crippen LogP contribution in [0.4, 0.5) is 0 Å². The molecule has 0 amide bonds. The van der Waals surface area contributed by atoms with Gasteiger partial charge in [-0.25, -0.2) is 8.42 Å². The molecule has 1 aromatic carbocycles. The predicted molar refractivity (Wildman–Crippen MR) is 80.4 cm³/mol. The molecule has 0 saturated carbocycles. The van der Waals surface area contributed by atoms with Crippen LogP contribution in [0, 0.1) is 0 Å². The van der Waals surface area contributed by atoms with Crippen molar-refractivity contribution in [3.63, 3.8) is 0 Å². The first-order valence-electron chi connectivity index (χ1n) is 6.53. The summed E-state index contributed by atoms with van der Waals surface area (Å²) in [7, 11) is -1.59. The molecular weight excluding hydrogens is 294 g/mol. The van der Waals surface area contributed by atoms with Gasteiger partial charge in [0, 0.05) is 13.4 Å². The van der Waals surface area contributed by atoms with Gasteiger partial charge in [0.15, 0.2) is 5.78 Å². The van der Waals surface area contributed by atoms with Crippen molar-refractivity contribution in [2.45, 2.75) is 12.5 Å². The van der Waals surface area contributed by atoms with Crippen molar-refractivity contribution in [1.82, 2.24) is 0 Å². The van der Waals surface area contributed by atoms with Gasteiger partial charge in [-0.05, 0) is 18.6 Å². The Balaban J connectivity index is 2.76. The lowest BCUT2D eigenvalue weighted by Gasteiger charge is -2.14. The van der Waals surface area contributed by atoms with Crippen molar-refractivity contribution >= 4 is 15.6 Å². The van der Waals surface area contributed by atoms with Crippen molar-refractivity contribution in [3.05, 3.63) is 29.8 Å². The summed E-state index contributed by atoms with van der Waals surface area (Å²) in [6.07, 6.45) is 1.20. The minimum absolute atomic E-state index is 0.0874. The number of ether oxygens (including phenoxy) is 2. The van der Waals surface area contributed by atoms with Crippen LogP contribution in [0.2, 0.25) is 0 Å². The van der Waals surface area contributed by atoms with Gasteiger partial charge in [-0.2, -0.15) is 0 Å². The summed E-state index contributed by atoms with van der Waals surface area (Å²) in [6.45, 7) is 0.724. The van der Waals surface area contributed by atoms with Crippen molar-refractivity contribution < 1.29 is 22.7 Å². The molecule has 0 radical (unpaired) electrons. The normalized spacial score (nSPS) is 12.9. The predicted octanol–water partition coefficient (Wildman–Crippen LogP) is 0.657. The number of nitrogens with two attached hydrogens (primary N) is 1. The second-order valence-corrected chi connectivity index (χ2v) is 6.99. The highest BCUT2D eigenvalue weighted by Crippen LogP contribution is 2.20. The number of Topliss-reactive ketones (excluding diaryl/α,β-unsaturated/α-hetero) is 1. The Bertz CT molecular complexity index is 570. The first-order chi connectivity index (χ1) is 9.85. The molecule has 0 heterocycles. The van der Waals surface area contributed by atoms with E-state index in [4.69, 9.17) is 15.2 Å². The largest absolute Gasteiger partial charge is 0.490 e. The van der Waals surface area contributed by atoms with Crippen LogP contribution in [-0.4, -0.2) is 52.6 Å². The van der Waals surface area contributed by atoms with E-state index in [1.165, 1.54) is 0 Å².